The van der Waals surface area contributed by atoms with E-state index in [2.05, 4.69) is 33.8 Å². The Hall–Kier alpha value is -1.17. The molecule has 1 heterocycles. The van der Waals surface area contributed by atoms with Crippen LogP contribution < -0.4 is 10.6 Å². The Labute approximate surface area is 99.8 Å². The summed E-state index contributed by atoms with van der Waals surface area (Å²) < 4.78 is 4.04. The van der Waals surface area contributed by atoms with Crippen molar-refractivity contribution in [3.05, 3.63) is 5.82 Å². The average Bonchev–Trinajstić information content (AvgIpc) is 2.61. The summed E-state index contributed by atoms with van der Waals surface area (Å²) in [5.41, 5.74) is 0. The number of nitrogens with zero attached hydrogens (tertiary/aromatic N) is 2. The normalized spacial score (nSPS) is 10.5. The predicted molar refractivity (Wildman–Crippen MR) is 65.6 cm³/mol. The van der Waals surface area contributed by atoms with Crippen LogP contribution in [0, 0.1) is 12.8 Å². The van der Waals surface area contributed by atoms with E-state index in [1.165, 1.54) is 11.5 Å². The molecule has 0 fully saturated rings. The lowest BCUT2D eigenvalue weighted by atomic mass is 10.2. The van der Waals surface area contributed by atoms with Gasteiger partial charge >= 0.3 is 0 Å². The van der Waals surface area contributed by atoms with Crippen LogP contribution in [0.1, 0.15) is 26.1 Å². The number of nitrogens with one attached hydrogen (secondary N) is 2. The smallest absolute Gasteiger partial charge is 0.221 e. The first-order valence-corrected chi connectivity index (χ1v) is 6.16. The zero-order valence-electron chi connectivity index (χ0n) is 9.91. The van der Waals surface area contributed by atoms with E-state index in [4.69, 9.17) is 0 Å². The van der Waals surface area contributed by atoms with Crippen LogP contribution in [0.3, 0.4) is 0 Å². The van der Waals surface area contributed by atoms with Crippen LogP contribution in [0.4, 0.5) is 5.13 Å². The monoisotopic (exact) mass is 242 g/mol. The van der Waals surface area contributed by atoms with Crippen LogP contribution in [-0.4, -0.2) is 28.4 Å². The molecule has 0 aliphatic carbocycles. The number of rotatable bonds is 6. The van der Waals surface area contributed by atoms with Gasteiger partial charge in [0, 0.05) is 31.0 Å². The minimum atomic E-state index is 0.0717. The highest BCUT2D eigenvalue weighted by molar-refractivity contribution is 7.09. The first-order chi connectivity index (χ1) is 7.58. The number of carbonyl (C=O) groups is 1. The number of anilines is 1. The Morgan fingerprint density at radius 1 is 1.50 bits per heavy atom. The minimum absolute atomic E-state index is 0.0717. The second-order valence-corrected chi connectivity index (χ2v) is 4.77. The second-order valence-electron chi connectivity index (χ2n) is 4.02. The zero-order valence-corrected chi connectivity index (χ0v) is 10.7. The molecule has 1 aromatic rings. The molecular weight excluding hydrogens is 224 g/mol. The van der Waals surface area contributed by atoms with E-state index in [1.807, 2.05) is 6.92 Å². The van der Waals surface area contributed by atoms with Gasteiger partial charge < -0.3 is 10.6 Å². The van der Waals surface area contributed by atoms with Crippen molar-refractivity contribution < 1.29 is 4.79 Å². The summed E-state index contributed by atoms with van der Waals surface area (Å²) >= 11 is 1.32. The van der Waals surface area contributed by atoms with Gasteiger partial charge in [-0.1, -0.05) is 13.8 Å². The summed E-state index contributed by atoms with van der Waals surface area (Å²) in [5.74, 6) is 1.32. The van der Waals surface area contributed by atoms with Gasteiger partial charge in [-0.25, -0.2) is 4.98 Å². The van der Waals surface area contributed by atoms with Gasteiger partial charge in [-0.2, -0.15) is 4.37 Å². The summed E-state index contributed by atoms with van der Waals surface area (Å²) in [4.78, 5) is 15.5. The summed E-state index contributed by atoms with van der Waals surface area (Å²) in [5, 5.41) is 6.70. The first-order valence-electron chi connectivity index (χ1n) is 5.39. The Morgan fingerprint density at radius 3 is 2.81 bits per heavy atom. The number of amides is 1. The molecule has 90 valence electrons. The van der Waals surface area contributed by atoms with Crippen molar-refractivity contribution in [3.63, 3.8) is 0 Å². The quantitative estimate of drug-likeness (QED) is 0.791. The molecule has 0 aromatic carbocycles. The Kier molecular flexibility index (Phi) is 5.18. The molecule has 0 saturated carbocycles. The number of carbonyl (C=O) groups excluding carboxylic acids is 1. The van der Waals surface area contributed by atoms with Gasteiger partial charge in [-0.05, 0) is 12.8 Å². The highest BCUT2D eigenvalue weighted by Gasteiger charge is 2.03. The highest BCUT2D eigenvalue weighted by atomic mass is 32.1. The van der Waals surface area contributed by atoms with E-state index in [0.29, 0.717) is 18.9 Å². The number of aryl methyl sites for hydroxylation is 1. The Morgan fingerprint density at radius 2 is 2.25 bits per heavy atom. The molecule has 16 heavy (non-hydrogen) atoms. The van der Waals surface area contributed by atoms with Gasteiger partial charge in [0.15, 0.2) is 0 Å². The molecule has 1 aromatic heterocycles. The van der Waals surface area contributed by atoms with E-state index in [-0.39, 0.29) is 5.91 Å². The van der Waals surface area contributed by atoms with Gasteiger partial charge in [0.25, 0.3) is 0 Å². The lowest BCUT2D eigenvalue weighted by Gasteiger charge is -2.07. The lowest BCUT2D eigenvalue weighted by Crippen LogP contribution is -2.28. The van der Waals surface area contributed by atoms with E-state index in [1.54, 1.807) is 0 Å². The molecule has 0 aliphatic rings. The van der Waals surface area contributed by atoms with E-state index >= 15 is 0 Å². The van der Waals surface area contributed by atoms with Crippen molar-refractivity contribution in [1.29, 1.82) is 0 Å². The van der Waals surface area contributed by atoms with E-state index < -0.39 is 0 Å². The molecule has 0 radical (unpaired) electrons. The topological polar surface area (TPSA) is 66.9 Å². The SMILES string of the molecule is Cc1nsc(NCCC(=O)NCC(C)C)n1. The van der Waals surface area contributed by atoms with E-state index in [9.17, 15) is 4.79 Å². The molecule has 0 bridgehead atoms. The van der Waals surface area contributed by atoms with Crippen molar-refractivity contribution in [3.8, 4) is 0 Å². The zero-order chi connectivity index (χ0) is 12.0. The average molecular weight is 242 g/mol. The van der Waals surface area contributed by atoms with Gasteiger partial charge in [-0.3, -0.25) is 4.79 Å². The van der Waals surface area contributed by atoms with Crippen LogP contribution in [0.2, 0.25) is 0 Å². The van der Waals surface area contributed by atoms with Crippen LogP contribution in [-0.2, 0) is 4.79 Å². The third-order valence-corrected chi connectivity index (χ3v) is 2.63. The molecular formula is C10H18N4OS. The van der Waals surface area contributed by atoms with Gasteiger partial charge in [0.05, 0.1) is 0 Å². The van der Waals surface area contributed by atoms with Gasteiger partial charge in [-0.15, -0.1) is 0 Å². The molecule has 0 spiro atoms. The lowest BCUT2D eigenvalue weighted by molar-refractivity contribution is -0.120. The molecule has 2 N–H and O–H groups in total. The summed E-state index contributed by atoms with van der Waals surface area (Å²) in [6.07, 6.45) is 0.464. The number of hydrogen-bond donors (Lipinski definition) is 2. The molecule has 1 rings (SSSR count). The fourth-order valence-corrected chi connectivity index (χ4v) is 1.66. The predicted octanol–water partition coefficient (Wildman–Crippen LogP) is 1.42. The molecule has 0 saturated heterocycles. The molecule has 6 heteroatoms. The van der Waals surface area contributed by atoms with Crippen LogP contribution >= 0.6 is 11.5 Å². The van der Waals surface area contributed by atoms with Gasteiger partial charge in [0.2, 0.25) is 11.0 Å². The van der Waals surface area contributed by atoms with Crippen molar-refractivity contribution >= 4 is 22.6 Å². The van der Waals surface area contributed by atoms with Crippen molar-refractivity contribution in [2.24, 2.45) is 5.92 Å². The molecule has 0 unspecified atom stereocenters. The molecule has 0 atom stereocenters. The standard InChI is InChI=1S/C10H18N4OS/c1-7(2)6-12-9(15)4-5-11-10-13-8(3)14-16-10/h7H,4-6H2,1-3H3,(H,12,15)(H,11,13,14). The molecule has 1 amide bonds. The maximum absolute atomic E-state index is 11.4. The van der Waals surface area contributed by atoms with Gasteiger partial charge in [0.1, 0.15) is 5.82 Å². The van der Waals surface area contributed by atoms with Crippen LogP contribution in [0.15, 0.2) is 0 Å². The summed E-state index contributed by atoms with van der Waals surface area (Å²) in [7, 11) is 0. The van der Waals surface area contributed by atoms with Crippen molar-refractivity contribution in [2.45, 2.75) is 27.2 Å². The fraction of sp³-hybridized carbons (Fsp3) is 0.700. The number of aromatic nitrogens is 2. The van der Waals surface area contributed by atoms with E-state index in [0.717, 1.165) is 17.5 Å². The highest BCUT2D eigenvalue weighted by Crippen LogP contribution is 2.09. The third-order valence-electron chi connectivity index (χ3n) is 1.86. The Balaban J connectivity index is 2.13. The maximum atomic E-state index is 11.4. The van der Waals surface area contributed by atoms with Crippen molar-refractivity contribution in [2.75, 3.05) is 18.4 Å². The largest absolute Gasteiger partial charge is 0.360 e. The second kappa shape index (κ2) is 6.42. The third kappa shape index (κ3) is 5.06. The van der Waals surface area contributed by atoms with Crippen LogP contribution in [0.5, 0.6) is 0 Å². The summed E-state index contributed by atoms with van der Waals surface area (Å²) in [6.45, 7) is 7.32. The number of hydrogen-bond acceptors (Lipinski definition) is 5. The minimum Gasteiger partial charge on any atom is -0.360 e. The maximum Gasteiger partial charge on any atom is 0.221 e. The molecule has 5 nitrogen and oxygen atoms in total. The fourth-order valence-electron chi connectivity index (χ4n) is 1.06. The summed E-state index contributed by atoms with van der Waals surface area (Å²) in [6, 6.07) is 0. The van der Waals surface area contributed by atoms with Crippen molar-refractivity contribution in [1.82, 2.24) is 14.7 Å². The first kappa shape index (κ1) is 12.9. The Bertz CT molecular complexity index is 337. The molecule has 0 aliphatic heterocycles. The van der Waals surface area contributed by atoms with Crippen LogP contribution in [0.25, 0.3) is 0 Å².